The summed E-state index contributed by atoms with van der Waals surface area (Å²) < 4.78 is 34.5. The fraction of sp³-hybridized carbons (Fsp3) is 0.0625. The third-order valence-corrected chi connectivity index (χ3v) is 3.15. The lowest BCUT2D eigenvalue weighted by molar-refractivity contribution is -0.185. The second-order valence-corrected chi connectivity index (χ2v) is 4.79. The number of carboxylic acid groups (broad SMARTS) is 1. The molecule has 0 fully saturated rings. The minimum absolute atomic E-state index is 0.0411. The SMILES string of the molecule is O=C(O)c1cnn(-c2ncccc2OC(F)(F)c2ccccc2)c1. The Morgan fingerprint density at radius 1 is 1.17 bits per heavy atom. The summed E-state index contributed by atoms with van der Waals surface area (Å²) >= 11 is 0. The molecule has 3 aromatic rings. The summed E-state index contributed by atoms with van der Waals surface area (Å²) in [5.74, 6) is -1.46. The minimum atomic E-state index is -3.58. The Morgan fingerprint density at radius 3 is 2.58 bits per heavy atom. The number of carbonyl (C=O) groups is 1. The molecule has 0 radical (unpaired) electrons. The molecule has 0 saturated carbocycles. The summed E-state index contributed by atoms with van der Waals surface area (Å²) in [6, 6.07) is 9.79. The number of aromatic carboxylic acids is 1. The third-order valence-electron chi connectivity index (χ3n) is 3.15. The quantitative estimate of drug-likeness (QED) is 0.777. The van der Waals surface area contributed by atoms with E-state index in [1.807, 2.05) is 0 Å². The van der Waals surface area contributed by atoms with E-state index < -0.39 is 12.1 Å². The van der Waals surface area contributed by atoms with Gasteiger partial charge in [-0.05, 0) is 24.3 Å². The van der Waals surface area contributed by atoms with Crippen LogP contribution in [-0.2, 0) is 6.11 Å². The fourth-order valence-corrected chi connectivity index (χ4v) is 2.01. The number of rotatable bonds is 5. The molecule has 0 bridgehead atoms. The normalized spacial score (nSPS) is 11.2. The van der Waals surface area contributed by atoms with E-state index in [4.69, 9.17) is 9.84 Å². The van der Waals surface area contributed by atoms with Crippen LogP contribution in [0.1, 0.15) is 15.9 Å². The third kappa shape index (κ3) is 3.07. The van der Waals surface area contributed by atoms with Crippen molar-refractivity contribution in [2.45, 2.75) is 6.11 Å². The first-order chi connectivity index (χ1) is 11.5. The monoisotopic (exact) mass is 331 g/mol. The number of aromatic nitrogens is 3. The van der Waals surface area contributed by atoms with Crippen molar-refractivity contribution < 1.29 is 23.4 Å². The molecule has 0 atom stereocenters. The van der Waals surface area contributed by atoms with Gasteiger partial charge < -0.3 is 9.84 Å². The van der Waals surface area contributed by atoms with Gasteiger partial charge in [-0.2, -0.15) is 13.9 Å². The Labute approximate surface area is 135 Å². The van der Waals surface area contributed by atoms with Gasteiger partial charge in [-0.3, -0.25) is 0 Å². The molecule has 3 rings (SSSR count). The van der Waals surface area contributed by atoms with Crippen LogP contribution in [0.4, 0.5) is 8.78 Å². The molecule has 8 heteroatoms. The smallest absolute Gasteiger partial charge is 0.426 e. The molecule has 0 unspecified atom stereocenters. The lowest BCUT2D eigenvalue weighted by Gasteiger charge is -2.19. The molecule has 0 aliphatic heterocycles. The van der Waals surface area contributed by atoms with Gasteiger partial charge in [0.1, 0.15) is 0 Å². The summed E-state index contributed by atoms with van der Waals surface area (Å²) in [7, 11) is 0. The van der Waals surface area contributed by atoms with Crippen LogP contribution in [0, 0.1) is 0 Å². The van der Waals surface area contributed by atoms with E-state index in [1.165, 1.54) is 42.6 Å². The first-order valence-electron chi connectivity index (χ1n) is 6.83. The lowest BCUT2D eigenvalue weighted by atomic mass is 10.2. The predicted octanol–water partition coefficient (Wildman–Crippen LogP) is 3.09. The maximum absolute atomic E-state index is 14.3. The summed E-state index contributed by atoms with van der Waals surface area (Å²) in [6.45, 7) is 0. The molecule has 2 aromatic heterocycles. The number of halogens is 2. The molecule has 24 heavy (non-hydrogen) atoms. The molecule has 0 saturated heterocycles. The summed E-state index contributed by atoms with van der Waals surface area (Å²) in [4.78, 5) is 14.9. The van der Waals surface area contributed by atoms with Crippen molar-refractivity contribution in [2.24, 2.45) is 0 Å². The number of benzene rings is 1. The highest BCUT2D eigenvalue weighted by Gasteiger charge is 2.35. The van der Waals surface area contributed by atoms with Crippen LogP contribution >= 0.6 is 0 Å². The fourth-order valence-electron chi connectivity index (χ4n) is 2.01. The molecule has 6 nitrogen and oxygen atoms in total. The lowest BCUT2D eigenvalue weighted by Crippen LogP contribution is -2.22. The number of ether oxygens (including phenoxy) is 1. The van der Waals surface area contributed by atoms with E-state index in [2.05, 4.69) is 10.1 Å². The number of hydrogen-bond acceptors (Lipinski definition) is 4. The van der Waals surface area contributed by atoms with Gasteiger partial charge in [0.25, 0.3) is 0 Å². The molecule has 0 aliphatic rings. The van der Waals surface area contributed by atoms with Crippen molar-refractivity contribution in [1.29, 1.82) is 0 Å². The highest BCUT2D eigenvalue weighted by atomic mass is 19.3. The van der Waals surface area contributed by atoms with E-state index in [9.17, 15) is 13.6 Å². The van der Waals surface area contributed by atoms with Gasteiger partial charge in [0.15, 0.2) is 11.6 Å². The van der Waals surface area contributed by atoms with E-state index in [-0.39, 0.29) is 22.7 Å². The van der Waals surface area contributed by atoms with Gasteiger partial charge in [-0.1, -0.05) is 18.2 Å². The predicted molar refractivity (Wildman–Crippen MR) is 79.3 cm³/mol. The van der Waals surface area contributed by atoms with Gasteiger partial charge >= 0.3 is 12.1 Å². The average molecular weight is 331 g/mol. The topological polar surface area (TPSA) is 77.2 Å². The number of nitrogens with zero attached hydrogens (tertiary/aromatic N) is 3. The highest BCUT2D eigenvalue weighted by molar-refractivity contribution is 5.87. The van der Waals surface area contributed by atoms with Crippen LogP contribution in [0.15, 0.2) is 61.1 Å². The largest absolute Gasteiger partial charge is 0.478 e. The van der Waals surface area contributed by atoms with Crippen molar-refractivity contribution in [3.8, 4) is 11.6 Å². The Balaban J connectivity index is 1.96. The van der Waals surface area contributed by atoms with Crippen molar-refractivity contribution >= 4 is 5.97 Å². The van der Waals surface area contributed by atoms with E-state index in [1.54, 1.807) is 6.07 Å². The van der Waals surface area contributed by atoms with Crippen molar-refractivity contribution in [3.63, 3.8) is 0 Å². The number of pyridine rings is 1. The minimum Gasteiger partial charge on any atom is -0.478 e. The Bertz CT molecular complexity index is 866. The van der Waals surface area contributed by atoms with Crippen LogP contribution in [0.3, 0.4) is 0 Å². The standard InChI is InChI=1S/C16H11F2N3O3/c17-16(18,12-5-2-1-3-6-12)24-13-7-4-8-19-14(13)21-10-11(9-20-21)15(22)23/h1-10H,(H,22,23). The molecule has 0 aliphatic carbocycles. The van der Waals surface area contributed by atoms with Gasteiger partial charge in [0.05, 0.1) is 17.3 Å². The molecule has 1 aromatic carbocycles. The van der Waals surface area contributed by atoms with Crippen molar-refractivity contribution in [1.82, 2.24) is 14.8 Å². The van der Waals surface area contributed by atoms with Gasteiger partial charge in [-0.25, -0.2) is 14.5 Å². The van der Waals surface area contributed by atoms with Gasteiger partial charge in [-0.15, -0.1) is 0 Å². The zero-order chi connectivity index (χ0) is 17.2. The maximum Gasteiger partial charge on any atom is 0.426 e. The summed E-state index contributed by atoms with van der Waals surface area (Å²) in [6.07, 6.45) is 0.0428. The number of hydrogen-bond donors (Lipinski definition) is 1. The highest BCUT2D eigenvalue weighted by Crippen LogP contribution is 2.33. The van der Waals surface area contributed by atoms with Crippen LogP contribution in [0.25, 0.3) is 5.82 Å². The van der Waals surface area contributed by atoms with Crippen molar-refractivity contribution in [2.75, 3.05) is 0 Å². The van der Waals surface area contributed by atoms with Gasteiger partial charge in [0.2, 0.25) is 0 Å². The van der Waals surface area contributed by atoms with Gasteiger partial charge in [0, 0.05) is 12.4 Å². The maximum atomic E-state index is 14.3. The average Bonchev–Trinajstić information content (AvgIpc) is 3.06. The summed E-state index contributed by atoms with van der Waals surface area (Å²) in [5.41, 5.74) is -0.409. The van der Waals surface area contributed by atoms with Crippen LogP contribution in [-0.4, -0.2) is 25.8 Å². The molecule has 2 heterocycles. The first kappa shape index (κ1) is 15.6. The molecule has 1 N–H and O–H groups in total. The number of carboxylic acids is 1. The zero-order valence-corrected chi connectivity index (χ0v) is 12.1. The van der Waals surface area contributed by atoms with Crippen LogP contribution in [0.5, 0.6) is 5.75 Å². The van der Waals surface area contributed by atoms with Crippen LogP contribution in [0.2, 0.25) is 0 Å². The Kier molecular flexibility index (Phi) is 3.95. The van der Waals surface area contributed by atoms with Crippen molar-refractivity contribution in [3.05, 3.63) is 72.2 Å². The van der Waals surface area contributed by atoms with Crippen LogP contribution < -0.4 is 4.74 Å². The number of alkyl halides is 2. The molecular formula is C16H11F2N3O3. The van der Waals surface area contributed by atoms with E-state index in [0.29, 0.717) is 0 Å². The summed E-state index contributed by atoms with van der Waals surface area (Å²) in [5, 5.41) is 12.7. The second kappa shape index (κ2) is 6.07. The zero-order valence-electron chi connectivity index (χ0n) is 12.1. The Morgan fingerprint density at radius 2 is 1.92 bits per heavy atom. The first-order valence-corrected chi connectivity index (χ1v) is 6.83. The van der Waals surface area contributed by atoms with E-state index >= 15 is 0 Å². The Hall–Kier alpha value is -3.29. The molecule has 0 amide bonds. The second-order valence-electron chi connectivity index (χ2n) is 4.79. The van der Waals surface area contributed by atoms with E-state index in [0.717, 1.165) is 17.1 Å². The molecule has 122 valence electrons. The molecule has 0 spiro atoms. The molecular weight excluding hydrogens is 320 g/mol.